The van der Waals surface area contributed by atoms with Crippen LogP contribution in [0.1, 0.15) is 38.7 Å². The van der Waals surface area contributed by atoms with Gasteiger partial charge in [-0.1, -0.05) is 26.0 Å². The standard InChI is InChI=1S/C14H21ClN2O/c1-4-10(2)12-5-7-13(8-6-12)17-14(18)16-11(3)9-15/h5-8,10-11H,4,9H2,1-3H3,(H2,16,17,18)/t10-,11+/m0/s1. The first kappa shape index (κ1) is 14.8. The van der Waals surface area contributed by atoms with E-state index in [1.54, 1.807) is 0 Å². The molecule has 0 saturated heterocycles. The number of hydrogen-bond acceptors (Lipinski definition) is 1. The van der Waals surface area contributed by atoms with E-state index in [0.717, 1.165) is 12.1 Å². The predicted octanol–water partition coefficient (Wildman–Crippen LogP) is 3.95. The summed E-state index contributed by atoms with van der Waals surface area (Å²) < 4.78 is 0. The Labute approximate surface area is 114 Å². The number of amides is 2. The number of benzene rings is 1. The molecule has 0 radical (unpaired) electrons. The highest BCUT2D eigenvalue weighted by atomic mass is 35.5. The van der Waals surface area contributed by atoms with Gasteiger partial charge in [0.15, 0.2) is 0 Å². The zero-order chi connectivity index (χ0) is 13.5. The van der Waals surface area contributed by atoms with Crippen molar-refractivity contribution in [3.05, 3.63) is 29.8 Å². The van der Waals surface area contributed by atoms with Gasteiger partial charge in [-0.3, -0.25) is 0 Å². The second-order valence-electron chi connectivity index (χ2n) is 4.59. The molecule has 1 rings (SSSR count). The van der Waals surface area contributed by atoms with E-state index in [-0.39, 0.29) is 12.1 Å². The van der Waals surface area contributed by atoms with E-state index in [9.17, 15) is 4.79 Å². The Hall–Kier alpha value is -1.22. The molecule has 4 heteroatoms. The molecule has 0 heterocycles. The van der Waals surface area contributed by atoms with Gasteiger partial charge < -0.3 is 10.6 Å². The smallest absolute Gasteiger partial charge is 0.319 e. The molecule has 0 saturated carbocycles. The first-order valence-electron chi connectivity index (χ1n) is 6.30. The summed E-state index contributed by atoms with van der Waals surface area (Å²) in [6.45, 7) is 6.22. The Morgan fingerprint density at radius 2 is 1.89 bits per heavy atom. The molecular formula is C14H21ClN2O. The van der Waals surface area contributed by atoms with Crippen LogP contribution in [-0.4, -0.2) is 18.0 Å². The normalized spacial score (nSPS) is 13.8. The van der Waals surface area contributed by atoms with Gasteiger partial charge in [0.05, 0.1) is 0 Å². The Morgan fingerprint density at radius 3 is 2.39 bits per heavy atom. The highest BCUT2D eigenvalue weighted by Gasteiger charge is 2.07. The maximum atomic E-state index is 11.6. The van der Waals surface area contributed by atoms with Crippen molar-refractivity contribution >= 4 is 23.3 Å². The zero-order valence-corrected chi connectivity index (χ0v) is 11.9. The average molecular weight is 269 g/mol. The first-order chi connectivity index (χ1) is 8.56. The van der Waals surface area contributed by atoms with Crippen molar-refractivity contribution < 1.29 is 4.79 Å². The number of alkyl halides is 1. The molecule has 100 valence electrons. The van der Waals surface area contributed by atoms with Crippen LogP contribution in [0.5, 0.6) is 0 Å². The molecule has 3 nitrogen and oxygen atoms in total. The fourth-order valence-electron chi connectivity index (χ4n) is 1.56. The SMILES string of the molecule is CC[C@H](C)c1ccc(NC(=O)N[C@H](C)CCl)cc1. The number of carbonyl (C=O) groups excluding carboxylic acids is 1. The van der Waals surface area contributed by atoms with E-state index >= 15 is 0 Å². The molecule has 1 aromatic rings. The quantitative estimate of drug-likeness (QED) is 0.780. The van der Waals surface area contributed by atoms with E-state index in [1.807, 2.05) is 19.1 Å². The van der Waals surface area contributed by atoms with Gasteiger partial charge in [0.25, 0.3) is 0 Å². The highest BCUT2D eigenvalue weighted by Crippen LogP contribution is 2.20. The molecule has 0 spiro atoms. The van der Waals surface area contributed by atoms with Gasteiger partial charge in [-0.15, -0.1) is 11.6 Å². The molecule has 0 aliphatic rings. The van der Waals surface area contributed by atoms with Crippen molar-refractivity contribution in [1.82, 2.24) is 5.32 Å². The van der Waals surface area contributed by atoms with Crippen molar-refractivity contribution in [1.29, 1.82) is 0 Å². The summed E-state index contributed by atoms with van der Waals surface area (Å²) in [5.74, 6) is 0.949. The van der Waals surface area contributed by atoms with Crippen molar-refractivity contribution in [2.45, 2.75) is 39.2 Å². The monoisotopic (exact) mass is 268 g/mol. The Morgan fingerprint density at radius 1 is 1.28 bits per heavy atom. The maximum absolute atomic E-state index is 11.6. The Bertz CT molecular complexity index is 378. The lowest BCUT2D eigenvalue weighted by Crippen LogP contribution is -2.37. The van der Waals surface area contributed by atoms with E-state index < -0.39 is 0 Å². The Balaban J connectivity index is 2.55. The van der Waals surface area contributed by atoms with E-state index in [0.29, 0.717) is 11.8 Å². The summed E-state index contributed by atoms with van der Waals surface area (Å²) >= 11 is 5.63. The Kier molecular flexibility index (Phi) is 5.99. The van der Waals surface area contributed by atoms with E-state index in [1.165, 1.54) is 5.56 Å². The van der Waals surface area contributed by atoms with Crippen LogP contribution < -0.4 is 10.6 Å². The fourth-order valence-corrected chi connectivity index (χ4v) is 1.64. The predicted molar refractivity (Wildman–Crippen MR) is 77.5 cm³/mol. The van der Waals surface area contributed by atoms with Crippen molar-refractivity contribution in [3.63, 3.8) is 0 Å². The topological polar surface area (TPSA) is 41.1 Å². The van der Waals surface area contributed by atoms with Gasteiger partial charge in [-0.25, -0.2) is 4.79 Å². The molecule has 0 aliphatic carbocycles. The lowest BCUT2D eigenvalue weighted by Gasteiger charge is -2.13. The third-order valence-electron chi connectivity index (χ3n) is 2.96. The van der Waals surface area contributed by atoms with Gasteiger partial charge >= 0.3 is 6.03 Å². The van der Waals surface area contributed by atoms with E-state index in [4.69, 9.17) is 11.6 Å². The van der Waals surface area contributed by atoms with Crippen LogP contribution >= 0.6 is 11.6 Å². The molecule has 2 N–H and O–H groups in total. The molecule has 1 aromatic carbocycles. The van der Waals surface area contributed by atoms with Crippen molar-refractivity contribution in [3.8, 4) is 0 Å². The molecule has 2 atom stereocenters. The van der Waals surface area contributed by atoms with Gasteiger partial charge in [0.1, 0.15) is 0 Å². The third-order valence-corrected chi connectivity index (χ3v) is 3.42. The minimum absolute atomic E-state index is 0.0361. The summed E-state index contributed by atoms with van der Waals surface area (Å²) in [6.07, 6.45) is 1.11. The minimum atomic E-state index is -0.223. The lowest BCUT2D eigenvalue weighted by molar-refractivity contribution is 0.250. The average Bonchev–Trinajstić information content (AvgIpc) is 2.38. The number of anilines is 1. The van der Waals surface area contributed by atoms with E-state index in [2.05, 4.69) is 36.6 Å². The molecule has 0 unspecified atom stereocenters. The highest BCUT2D eigenvalue weighted by molar-refractivity contribution is 6.18. The molecule has 0 aromatic heterocycles. The number of carbonyl (C=O) groups is 1. The van der Waals surface area contributed by atoms with Crippen LogP contribution in [-0.2, 0) is 0 Å². The van der Waals surface area contributed by atoms with Gasteiger partial charge in [-0.05, 0) is 37.0 Å². The van der Waals surface area contributed by atoms with Crippen LogP contribution in [0.2, 0.25) is 0 Å². The molecule has 0 aliphatic heterocycles. The lowest BCUT2D eigenvalue weighted by atomic mass is 9.99. The molecule has 2 amide bonds. The molecule has 0 bridgehead atoms. The van der Waals surface area contributed by atoms with Crippen LogP contribution in [0.3, 0.4) is 0 Å². The van der Waals surface area contributed by atoms with Crippen LogP contribution in [0, 0.1) is 0 Å². The van der Waals surface area contributed by atoms with Gasteiger partial charge in [0.2, 0.25) is 0 Å². The van der Waals surface area contributed by atoms with Crippen molar-refractivity contribution in [2.24, 2.45) is 0 Å². The number of urea groups is 1. The second-order valence-corrected chi connectivity index (χ2v) is 4.89. The van der Waals surface area contributed by atoms with Gasteiger partial charge in [-0.2, -0.15) is 0 Å². The third kappa shape index (κ3) is 4.57. The summed E-state index contributed by atoms with van der Waals surface area (Å²) in [6, 6.07) is 7.69. The largest absolute Gasteiger partial charge is 0.334 e. The molecule has 0 fully saturated rings. The summed E-state index contributed by atoms with van der Waals surface area (Å²) in [4.78, 5) is 11.6. The number of rotatable bonds is 5. The number of nitrogens with one attached hydrogen (secondary N) is 2. The summed E-state index contributed by atoms with van der Waals surface area (Å²) in [7, 11) is 0. The molecule has 18 heavy (non-hydrogen) atoms. The zero-order valence-electron chi connectivity index (χ0n) is 11.2. The van der Waals surface area contributed by atoms with Crippen LogP contribution in [0.4, 0.5) is 10.5 Å². The molecular weight excluding hydrogens is 248 g/mol. The second kappa shape index (κ2) is 7.27. The van der Waals surface area contributed by atoms with Crippen LogP contribution in [0.25, 0.3) is 0 Å². The number of halogens is 1. The minimum Gasteiger partial charge on any atom is -0.334 e. The van der Waals surface area contributed by atoms with Crippen LogP contribution in [0.15, 0.2) is 24.3 Å². The fraction of sp³-hybridized carbons (Fsp3) is 0.500. The van der Waals surface area contributed by atoms with Crippen molar-refractivity contribution in [2.75, 3.05) is 11.2 Å². The van der Waals surface area contributed by atoms with Gasteiger partial charge in [0, 0.05) is 17.6 Å². The summed E-state index contributed by atoms with van der Waals surface area (Å²) in [5.41, 5.74) is 2.08. The maximum Gasteiger partial charge on any atom is 0.319 e. The number of hydrogen-bond donors (Lipinski definition) is 2. The summed E-state index contributed by atoms with van der Waals surface area (Å²) in [5, 5.41) is 5.53. The first-order valence-corrected chi connectivity index (χ1v) is 6.83.